The molecular weight excluding hydrogens is 490 g/mol. The lowest BCUT2D eigenvalue weighted by Gasteiger charge is -2.23. The molecular formula is C28H29N3O5S. The monoisotopic (exact) mass is 519 g/mol. The molecule has 0 spiro atoms. The van der Waals surface area contributed by atoms with Gasteiger partial charge in [0.15, 0.2) is 0 Å². The van der Waals surface area contributed by atoms with Crippen LogP contribution in [0.4, 0.5) is 5.13 Å². The van der Waals surface area contributed by atoms with Crippen molar-refractivity contribution in [1.29, 1.82) is 0 Å². The Morgan fingerprint density at radius 3 is 2.78 bits per heavy atom. The Morgan fingerprint density at radius 1 is 1.19 bits per heavy atom. The summed E-state index contributed by atoms with van der Waals surface area (Å²) in [5.74, 6) is -0.358. The van der Waals surface area contributed by atoms with Crippen molar-refractivity contribution in [3.63, 3.8) is 0 Å². The molecule has 1 fully saturated rings. The number of rotatable bonds is 8. The highest BCUT2D eigenvalue weighted by molar-refractivity contribution is 7.15. The molecule has 0 aliphatic carbocycles. The fourth-order valence-corrected chi connectivity index (χ4v) is 5.48. The Bertz CT molecular complexity index is 1380. The predicted molar refractivity (Wildman–Crippen MR) is 141 cm³/mol. The Labute approximate surface area is 219 Å². The van der Waals surface area contributed by atoms with E-state index in [-0.39, 0.29) is 17.4 Å². The Balaban J connectivity index is 1.60. The van der Waals surface area contributed by atoms with Crippen molar-refractivity contribution in [2.24, 2.45) is 0 Å². The lowest BCUT2D eigenvalue weighted by Crippen LogP contribution is -2.29. The number of anilines is 1. The van der Waals surface area contributed by atoms with E-state index in [4.69, 9.17) is 9.47 Å². The highest BCUT2D eigenvalue weighted by Crippen LogP contribution is 2.44. The summed E-state index contributed by atoms with van der Waals surface area (Å²) in [7, 11) is 0. The van der Waals surface area contributed by atoms with Gasteiger partial charge in [0.1, 0.15) is 28.4 Å². The highest BCUT2D eigenvalue weighted by Gasteiger charge is 2.48. The topological polar surface area (TPSA) is 102 Å². The van der Waals surface area contributed by atoms with Gasteiger partial charge in [-0.2, -0.15) is 0 Å². The van der Waals surface area contributed by atoms with Crippen molar-refractivity contribution in [3.05, 3.63) is 69.7 Å². The van der Waals surface area contributed by atoms with E-state index in [1.807, 2.05) is 37.3 Å². The molecule has 1 amide bonds. The quantitative estimate of drug-likeness (QED) is 0.185. The smallest absolute Gasteiger partial charge is 0.301 e. The number of hydrogen-bond acceptors (Lipinski definition) is 8. The Hall–Kier alpha value is -3.72. The first-order valence-corrected chi connectivity index (χ1v) is 13.3. The van der Waals surface area contributed by atoms with Crippen molar-refractivity contribution in [1.82, 2.24) is 10.2 Å². The Kier molecular flexibility index (Phi) is 6.97. The van der Waals surface area contributed by atoms with Gasteiger partial charge >= 0.3 is 5.91 Å². The van der Waals surface area contributed by atoms with Crippen LogP contribution >= 0.6 is 11.3 Å². The van der Waals surface area contributed by atoms with Gasteiger partial charge < -0.3 is 14.6 Å². The largest absolute Gasteiger partial charge is 0.507 e. The first-order valence-electron chi connectivity index (χ1n) is 12.5. The molecule has 1 N–H and O–H groups in total. The SMILES string of the molecule is CCCCCOc1cccc(C2/C(=C(/O)c3ccc4c(c3)CC(C)O4)C(=O)C(=O)N2c2nnc(C)s2)c1. The molecule has 2 aliphatic rings. The highest BCUT2D eigenvalue weighted by atomic mass is 32.1. The van der Waals surface area contributed by atoms with Gasteiger partial charge in [0, 0.05) is 12.0 Å². The number of unbranched alkanes of at least 4 members (excludes halogenated alkanes) is 2. The van der Waals surface area contributed by atoms with Crippen LogP contribution in [0, 0.1) is 6.92 Å². The Morgan fingerprint density at radius 2 is 2.03 bits per heavy atom. The number of fused-ring (bicyclic) bond motifs is 1. The van der Waals surface area contributed by atoms with E-state index in [0.717, 1.165) is 30.6 Å². The van der Waals surface area contributed by atoms with Crippen LogP contribution in [0.25, 0.3) is 5.76 Å². The normalized spacial score (nSPS) is 20.2. The number of nitrogens with zero attached hydrogens (tertiary/aromatic N) is 3. The zero-order chi connectivity index (χ0) is 26.1. The van der Waals surface area contributed by atoms with Crippen LogP contribution < -0.4 is 14.4 Å². The van der Waals surface area contributed by atoms with Crippen molar-refractivity contribution >= 4 is 33.9 Å². The minimum absolute atomic E-state index is 0.00731. The molecule has 1 saturated heterocycles. The number of hydrogen-bond donors (Lipinski definition) is 1. The maximum Gasteiger partial charge on any atom is 0.301 e. The predicted octanol–water partition coefficient (Wildman–Crippen LogP) is 5.37. The first kappa shape index (κ1) is 25.0. The molecule has 37 heavy (non-hydrogen) atoms. The molecule has 0 saturated carbocycles. The van der Waals surface area contributed by atoms with Crippen LogP contribution in [0.15, 0.2) is 48.0 Å². The molecule has 0 radical (unpaired) electrons. The third-order valence-electron chi connectivity index (χ3n) is 6.53. The maximum absolute atomic E-state index is 13.4. The molecule has 1 aromatic heterocycles. The standard InChI is InChI=1S/C28H29N3O5S/c1-4-5-6-12-35-21-9-7-8-18(15-21)24-23(26(33)27(34)31(24)28-30-29-17(3)37-28)25(32)19-10-11-22-20(14-19)13-16(2)36-22/h7-11,14-16,24,32H,4-6,12-13H2,1-3H3/b25-23-. The molecule has 3 aromatic rings. The third kappa shape index (κ3) is 4.83. The van der Waals surface area contributed by atoms with E-state index in [1.54, 1.807) is 19.1 Å². The summed E-state index contributed by atoms with van der Waals surface area (Å²) in [5, 5.41) is 20.6. The van der Waals surface area contributed by atoms with E-state index in [1.165, 1.54) is 16.2 Å². The number of carbonyl (C=O) groups excluding carboxylic acids is 2. The van der Waals surface area contributed by atoms with E-state index in [0.29, 0.717) is 40.0 Å². The minimum atomic E-state index is -0.880. The molecule has 5 rings (SSSR count). The van der Waals surface area contributed by atoms with Gasteiger partial charge in [0.2, 0.25) is 5.13 Å². The van der Waals surface area contributed by atoms with E-state index >= 15 is 0 Å². The third-order valence-corrected chi connectivity index (χ3v) is 7.36. The van der Waals surface area contributed by atoms with Crippen LogP contribution in [0.2, 0.25) is 0 Å². The fourth-order valence-electron chi connectivity index (χ4n) is 4.77. The van der Waals surface area contributed by atoms with Gasteiger partial charge in [-0.15, -0.1) is 10.2 Å². The van der Waals surface area contributed by atoms with Crippen LogP contribution in [0.5, 0.6) is 11.5 Å². The van der Waals surface area contributed by atoms with Gasteiger partial charge in [-0.05, 0) is 61.7 Å². The van der Waals surface area contributed by atoms with Crippen LogP contribution in [0.3, 0.4) is 0 Å². The zero-order valence-electron chi connectivity index (χ0n) is 21.1. The van der Waals surface area contributed by atoms with Crippen LogP contribution in [0.1, 0.15) is 60.8 Å². The average molecular weight is 520 g/mol. The van der Waals surface area contributed by atoms with Crippen molar-refractivity contribution in [2.75, 3.05) is 11.5 Å². The zero-order valence-corrected chi connectivity index (χ0v) is 21.9. The van der Waals surface area contributed by atoms with Crippen molar-refractivity contribution in [3.8, 4) is 11.5 Å². The minimum Gasteiger partial charge on any atom is -0.507 e. The summed E-state index contributed by atoms with van der Waals surface area (Å²) in [6, 6.07) is 11.7. The molecule has 2 unspecified atom stereocenters. The fraction of sp³-hybridized carbons (Fsp3) is 0.357. The number of benzene rings is 2. The van der Waals surface area contributed by atoms with Crippen molar-refractivity contribution in [2.45, 2.75) is 58.6 Å². The summed E-state index contributed by atoms with van der Waals surface area (Å²) in [6.45, 7) is 6.47. The summed E-state index contributed by atoms with van der Waals surface area (Å²) in [6.07, 6.45) is 3.84. The van der Waals surface area contributed by atoms with E-state index in [9.17, 15) is 14.7 Å². The summed E-state index contributed by atoms with van der Waals surface area (Å²) >= 11 is 1.22. The maximum atomic E-state index is 13.4. The number of Topliss-reactive ketones (excluding diaryl/α,β-unsaturated/α-hetero) is 1. The number of aromatic nitrogens is 2. The molecule has 9 heteroatoms. The van der Waals surface area contributed by atoms with Gasteiger partial charge in [0.25, 0.3) is 5.78 Å². The second-order valence-electron chi connectivity index (χ2n) is 9.36. The number of ketones is 1. The second kappa shape index (κ2) is 10.3. The number of aryl methyl sites for hydroxylation is 1. The van der Waals surface area contributed by atoms with Gasteiger partial charge in [-0.3, -0.25) is 14.5 Å². The molecule has 8 nitrogen and oxygen atoms in total. The summed E-state index contributed by atoms with van der Waals surface area (Å²) < 4.78 is 11.7. The molecule has 2 aromatic carbocycles. The lowest BCUT2D eigenvalue weighted by molar-refractivity contribution is -0.132. The lowest BCUT2D eigenvalue weighted by atomic mass is 9.94. The van der Waals surface area contributed by atoms with Gasteiger partial charge in [-0.25, -0.2) is 0 Å². The molecule has 0 bridgehead atoms. The molecule has 2 aliphatic heterocycles. The number of ether oxygens (including phenoxy) is 2. The average Bonchev–Trinajstić information content (AvgIpc) is 3.56. The van der Waals surface area contributed by atoms with Crippen molar-refractivity contribution < 1.29 is 24.2 Å². The molecule has 192 valence electrons. The summed E-state index contributed by atoms with van der Waals surface area (Å²) in [5.41, 5.74) is 2.05. The first-order chi connectivity index (χ1) is 17.9. The number of aliphatic hydroxyl groups excluding tert-OH is 1. The number of amides is 1. The molecule has 3 heterocycles. The van der Waals surface area contributed by atoms with E-state index in [2.05, 4.69) is 17.1 Å². The summed E-state index contributed by atoms with van der Waals surface area (Å²) in [4.78, 5) is 28.0. The number of carbonyl (C=O) groups is 2. The van der Waals surface area contributed by atoms with E-state index < -0.39 is 17.7 Å². The number of aliphatic hydroxyl groups is 1. The van der Waals surface area contributed by atoms with Gasteiger partial charge in [-0.1, -0.05) is 43.2 Å². The molecule has 2 atom stereocenters. The van der Waals surface area contributed by atoms with Crippen LogP contribution in [-0.4, -0.2) is 39.7 Å². The van der Waals surface area contributed by atoms with Crippen LogP contribution in [-0.2, 0) is 16.0 Å². The second-order valence-corrected chi connectivity index (χ2v) is 10.5. The van der Waals surface area contributed by atoms with Gasteiger partial charge in [0.05, 0.1) is 18.2 Å².